The number of amides is 2. The molecule has 6 nitrogen and oxygen atoms in total. The van der Waals surface area contributed by atoms with Crippen LogP contribution in [0, 0.1) is 13.8 Å². The third kappa shape index (κ3) is 4.04. The van der Waals surface area contributed by atoms with Crippen molar-refractivity contribution in [1.29, 1.82) is 0 Å². The van der Waals surface area contributed by atoms with Gasteiger partial charge in [-0.05, 0) is 74.4 Å². The molecule has 0 radical (unpaired) electrons. The highest BCUT2D eigenvalue weighted by molar-refractivity contribution is 6.30. The summed E-state index contributed by atoms with van der Waals surface area (Å²) in [5, 5.41) is 3.68. The molecule has 0 spiro atoms. The van der Waals surface area contributed by atoms with Gasteiger partial charge in [-0.3, -0.25) is 14.5 Å². The Kier molecular flexibility index (Phi) is 5.77. The number of rotatable bonds is 5. The van der Waals surface area contributed by atoms with E-state index in [9.17, 15) is 9.59 Å². The van der Waals surface area contributed by atoms with Crippen LogP contribution in [0.5, 0.6) is 0 Å². The van der Waals surface area contributed by atoms with Crippen LogP contribution in [0.4, 0.5) is 5.69 Å². The molecule has 3 heterocycles. The van der Waals surface area contributed by atoms with Crippen LogP contribution < -0.4 is 10.2 Å². The maximum atomic E-state index is 13.9. The topological polar surface area (TPSA) is 67.5 Å². The Morgan fingerprint density at radius 3 is 2.49 bits per heavy atom. The van der Waals surface area contributed by atoms with Crippen LogP contribution in [-0.4, -0.2) is 21.9 Å². The van der Waals surface area contributed by atoms with E-state index in [4.69, 9.17) is 16.0 Å². The van der Waals surface area contributed by atoms with Crippen molar-refractivity contribution in [3.8, 4) is 11.5 Å². The van der Waals surface area contributed by atoms with E-state index in [-0.39, 0.29) is 18.4 Å². The number of carbonyl (C=O) groups is 2. The molecule has 178 valence electrons. The molecule has 2 amide bonds. The zero-order valence-electron chi connectivity index (χ0n) is 19.8. The van der Waals surface area contributed by atoms with Gasteiger partial charge in [-0.2, -0.15) is 0 Å². The van der Waals surface area contributed by atoms with Crippen molar-refractivity contribution in [2.24, 2.45) is 0 Å². The summed E-state index contributed by atoms with van der Waals surface area (Å²) in [5.74, 6) is 0.170. The number of hydrogen-bond acceptors (Lipinski definition) is 3. The number of carbonyl (C=O) groups excluding carboxylic acids is 2. The second-order valence-electron chi connectivity index (χ2n) is 9.18. The summed E-state index contributed by atoms with van der Waals surface area (Å²) in [7, 11) is 0. The number of anilines is 1. The first-order chi connectivity index (χ1) is 16.8. The van der Waals surface area contributed by atoms with Gasteiger partial charge in [-0.15, -0.1) is 0 Å². The first kappa shape index (κ1) is 23.0. The fraction of sp³-hybridized carbons (Fsp3) is 0.214. The van der Waals surface area contributed by atoms with Gasteiger partial charge in [0.05, 0.1) is 18.5 Å². The summed E-state index contributed by atoms with van der Waals surface area (Å²) in [6.07, 6.45) is 1.60. The summed E-state index contributed by atoms with van der Waals surface area (Å²) in [6.45, 7) is 6.38. The number of aromatic nitrogens is 1. The number of furan rings is 1. The summed E-state index contributed by atoms with van der Waals surface area (Å²) in [6, 6.07) is 20.5. The second-order valence-corrected chi connectivity index (χ2v) is 9.62. The van der Waals surface area contributed by atoms with Gasteiger partial charge in [-0.1, -0.05) is 41.4 Å². The van der Waals surface area contributed by atoms with E-state index >= 15 is 0 Å². The van der Waals surface area contributed by atoms with Crippen LogP contribution in [0.25, 0.3) is 11.5 Å². The fourth-order valence-corrected chi connectivity index (χ4v) is 4.89. The smallest absolute Gasteiger partial charge is 0.275 e. The third-order valence-electron chi connectivity index (χ3n) is 6.58. The molecule has 1 atom stereocenters. The van der Waals surface area contributed by atoms with E-state index in [0.29, 0.717) is 23.0 Å². The molecule has 0 fully saturated rings. The van der Waals surface area contributed by atoms with Gasteiger partial charge in [-0.25, -0.2) is 0 Å². The van der Waals surface area contributed by atoms with Crippen molar-refractivity contribution in [2.75, 3.05) is 4.90 Å². The van der Waals surface area contributed by atoms with Gasteiger partial charge in [0.1, 0.15) is 17.0 Å². The third-order valence-corrected chi connectivity index (χ3v) is 6.84. The standard InChI is InChI=1S/C28H26ClN3O3/c1-18-6-11-22(19(2)15-18)32-26(33)24-13-12-23(25-5-4-14-35-25)31(24)17-28(32,3)27(34)30-16-20-7-9-21(29)10-8-20/h4-15H,16-17H2,1-3H3,(H,30,34). The van der Waals surface area contributed by atoms with Crippen LogP contribution >= 0.6 is 11.6 Å². The summed E-state index contributed by atoms with van der Waals surface area (Å²) < 4.78 is 7.49. The molecular weight excluding hydrogens is 462 g/mol. The average Bonchev–Trinajstić information content (AvgIpc) is 3.49. The van der Waals surface area contributed by atoms with E-state index in [1.807, 2.05) is 67.8 Å². The minimum atomic E-state index is -1.18. The van der Waals surface area contributed by atoms with Crippen LogP contribution in [0.1, 0.15) is 34.1 Å². The van der Waals surface area contributed by atoms with Crippen molar-refractivity contribution in [1.82, 2.24) is 9.88 Å². The van der Waals surface area contributed by atoms with E-state index in [1.54, 1.807) is 35.4 Å². The minimum Gasteiger partial charge on any atom is -0.463 e. The highest BCUT2D eigenvalue weighted by Crippen LogP contribution is 2.38. The highest BCUT2D eigenvalue weighted by atomic mass is 35.5. The van der Waals surface area contributed by atoms with E-state index in [1.165, 1.54) is 0 Å². The van der Waals surface area contributed by atoms with Gasteiger partial charge >= 0.3 is 0 Å². The number of aryl methyl sites for hydroxylation is 2. The Labute approximate surface area is 209 Å². The number of hydrogen-bond donors (Lipinski definition) is 1. The van der Waals surface area contributed by atoms with Gasteiger partial charge in [0, 0.05) is 17.3 Å². The molecule has 7 heteroatoms. The maximum absolute atomic E-state index is 13.9. The highest BCUT2D eigenvalue weighted by Gasteiger charge is 2.49. The predicted molar refractivity (Wildman–Crippen MR) is 137 cm³/mol. The van der Waals surface area contributed by atoms with E-state index in [2.05, 4.69) is 5.32 Å². The summed E-state index contributed by atoms with van der Waals surface area (Å²) in [4.78, 5) is 29.4. The number of halogens is 1. The first-order valence-corrected chi connectivity index (χ1v) is 11.8. The lowest BCUT2D eigenvalue weighted by atomic mass is 9.92. The molecule has 4 aromatic rings. The van der Waals surface area contributed by atoms with Gasteiger partial charge in [0.25, 0.3) is 5.91 Å². The Morgan fingerprint density at radius 1 is 1.06 bits per heavy atom. The van der Waals surface area contributed by atoms with Gasteiger partial charge in [0.15, 0.2) is 0 Å². The number of benzene rings is 2. The molecule has 1 aliphatic rings. The lowest BCUT2D eigenvalue weighted by Gasteiger charge is -2.44. The van der Waals surface area contributed by atoms with Crippen molar-refractivity contribution < 1.29 is 14.0 Å². The van der Waals surface area contributed by atoms with Gasteiger partial charge < -0.3 is 14.3 Å². The lowest BCUT2D eigenvalue weighted by molar-refractivity contribution is -0.126. The Hall–Kier alpha value is -3.77. The first-order valence-electron chi connectivity index (χ1n) is 11.5. The molecule has 0 bridgehead atoms. The zero-order chi connectivity index (χ0) is 24.7. The van der Waals surface area contributed by atoms with Crippen molar-refractivity contribution >= 4 is 29.1 Å². The Balaban J connectivity index is 1.57. The number of nitrogens with zero attached hydrogens (tertiary/aromatic N) is 2. The normalized spacial score (nSPS) is 17.4. The van der Waals surface area contributed by atoms with Crippen molar-refractivity contribution in [2.45, 2.75) is 39.4 Å². The van der Waals surface area contributed by atoms with Crippen molar-refractivity contribution in [3.63, 3.8) is 0 Å². The lowest BCUT2D eigenvalue weighted by Crippen LogP contribution is -2.64. The molecule has 2 aromatic heterocycles. The summed E-state index contributed by atoms with van der Waals surface area (Å²) >= 11 is 6.00. The predicted octanol–water partition coefficient (Wildman–Crippen LogP) is 5.75. The quantitative estimate of drug-likeness (QED) is 0.389. The molecule has 1 aliphatic heterocycles. The molecule has 0 saturated carbocycles. The second kappa shape index (κ2) is 8.78. The number of nitrogens with one attached hydrogen (secondary N) is 1. The van der Waals surface area contributed by atoms with Crippen LogP contribution in [0.15, 0.2) is 77.4 Å². The molecule has 0 saturated heterocycles. The monoisotopic (exact) mass is 487 g/mol. The molecule has 1 unspecified atom stereocenters. The minimum absolute atomic E-state index is 0.231. The molecule has 2 aromatic carbocycles. The largest absolute Gasteiger partial charge is 0.463 e. The van der Waals surface area contributed by atoms with Crippen LogP contribution in [-0.2, 0) is 17.9 Å². The van der Waals surface area contributed by atoms with Crippen LogP contribution in [0.3, 0.4) is 0 Å². The Bertz CT molecular complexity index is 1410. The fourth-order valence-electron chi connectivity index (χ4n) is 4.76. The SMILES string of the molecule is Cc1ccc(N2C(=O)c3ccc(-c4ccco4)n3CC2(C)C(=O)NCc2ccc(Cl)cc2)c(C)c1. The molecule has 0 aliphatic carbocycles. The molecule has 5 rings (SSSR count). The van der Waals surface area contributed by atoms with E-state index < -0.39 is 5.54 Å². The van der Waals surface area contributed by atoms with Crippen molar-refractivity contribution in [3.05, 3.63) is 100 Å². The maximum Gasteiger partial charge on any atom is 0.275 e. The zero-order valence-corrected chi connectivity index (χ0v) is 20.6. The molecule has 1 N–H and O–H groups in total. The van der Waals surface area contributed by atoms with Crippen LogP contribution in [0.2, 0.25) is 5.02 Å². The molecule has 35 heavy (non-hydrogen) atoms. The number of fused-ring (bicyclic) bond motifs is 1. The summed E-state index contributed by atoms with van der Waals surface area (Å²) in [5.41, 5.74) is 3.75. The molecular formula is C28H26ClN3O3. The van der Waals surface area contributed by atoms with E-state index in [0.717, 1.165) is 28.1 Å². The average molecular weight is 488 g/mol. The Morgan fingerprint density at radius 2 is 1.80 bits per heavy atom. The van der Waals surface area contributed by atoms with Gasteiger partial charge in [0.2, 0.25) is 5.91 Å².